The highest BCUT2D eigenvalue weighted by atomic mass is 33.1. The van der Waals surface area contributed by atoms with Crippen LogP contribution in [0.25, 0.3) is 0 Å². The average Bonchev–Trinajstić information content (AvgIpc) is 2.21. The van der Waals surface area contributed by atoms with Crippen molar-refractivity contribution in [2.45, 2.75) is 63.8 Å². The largest absolute Gasteiger partial charge is 0.390 e. The molecule has 0 aromatic rings. The number of rotatable bonds is 9. The minimum atomic E-state index is -4.04. The molecule has 0 aliphatic heterocycles. The van der Waals surface area contributed by atoms with Crippen molar-refractivity contribution in [3.8, 4) is 0 Å². The zero-order valence-corrected chi connectivity index (χ0v) is 12.5. The second kappa shape index (κ2) is 9.42. The maximum atomic E-state index is 12.4. The Morgan fingerprint density at radius 1 is 1.12 bits per heavy atom. The molecule has 2 atom stereocenters. The van der Waals surface area contributed by atoms with Crippen molar-refractivity contribution in [2.75, 3.05) is 6.26 Å². The van der Waals surface area contributed by atoms with E-state index in [0.717, 1.165) is 19.3 Å². The number of unbranched alkanes of at least 4 members (excludes halogenated alkanes) is 3. The standard InChI is InChI=1S/C12H23F3S2/c1-4-5-6-7-8-10(2)11(17-16-3)9-12(13,14)15/h10-11H,4-9H2,1-3H3/t10?,11-/m0/s1. The molecule has 0 heterocycles. The first-order valence-electron chi connectivity index (χ1n) is 6.17. The van der Waals surface area contributed by atoms with Crippen LogP contribution in [0.15, 0.2) is 0 Å². The summed E-state index contributed by atoms with van der Waals surface area (Å²) in [6.07, 6.45) is 2.61. The van der Waals surface area contributed by atoms with Crippen molar-refractivity contribution in [1.29, 1.82) is 0 Å². The third kappa shape index (κ3) is 10.1. The number of halogens is 3. The molecule has 0 rings (SSSR count). The molecule has 0 aromatic carbocycles. The highest BCUT2D eigenvalue weighted by molar-refractivity contribution is 8.76. The molecule has 0 bridgehead atoms. The van der Waals surface area contributed by atoms with Gasteiger partial charge in [0.05, 0.1) is 6.42 Å². The van der Waals surface area contributed by atoms with Gasteiger partial charge in [0.15, 0.2) is 0 Å². The first-order valence-corrected chi connectivity index (χ1v) is 8.79. The van der Waals surface area contributed by atoms with Gasteiger partial charge in [-0.1, -0.05) is 61.1 Å². The minimum absolute atomic E-state index is 0.144. The van der Waals surface area contributed by atoms with Gasteiger partial charge in [-0.05, 0) is 18.6 Å². The smallest absolute Gasteiger partial charge is 0.171 e. The van der Waals surface area contributed by atoms with E-state index >= 15 is 0 Å². The summed E-state index contributed by atoms with van der Waals surface area (Å²) in [5, 5.41) is -0.299. The van der Waals surface area contributed by atoms with Crippen LogP contribution in [-0.4, -0.2) is 17.7 Å². The maximum absolute atomic E-state index is 12.4. The second-order valence-electron chi connectivity index (χ2n) is 4.45. The Kier molecular flexibility index (Phi) is 9.70. The summed E-state index contributed by atoms with van der Waals surface area (Å²) >= 11 is 0. The predicted octanol–water partition coefficient (Wildman–Crippen LogP) is 5.93. The molecule has 0 fully saturated rings. The van der Waals surface area contributed by atoms with E-state index in [0.29, 0.717) is 0 Å². The van der Waals surface area contributed by atoms with Crippen LogP contribution in [0, 0.1) is 5.92 Å². The summed E-state index contributed by atoms with van der Waals surface area (Å²) in [5.74, 6) is 0.144. The van der Waals surface area contributed by atoms with Gasteiger partial charge >= 0.3 is 6.18 Å². The molecular weight excluding hydrogens is 265 g/mol. The lowest BCUT2D eigenvalue weighted by atomic mass is 9.97. The van der Waals surface area contributed by atoms with Gasteiger partial charge in [-0.3, -0.25) is 0 Å². The van der Waals surface area contributed by atoms with E-state index in [4.69, 9.17) is 0 Å². The van der Waals surface area contributed by atoms with Gasteiger partial charge in [-0.25, -0.2) is 0 Å². The molecule has 1 unspecified atom stereocenters. The van der Waals surface area contributed by atoms with Gasteiger partial charge < -0.3 is 0 Å². The van der Waals surface area contributed by atoms with Gasteiger partial charge in [0.2, 0.25) is 0 Å². The first kappa shape index (κ1) is 17.5. The quantitative estimate of drug-likeness (QED) is 0.381. The van der Waals surface area contributed by atoms with Crippen molar-refractivity contribution in [3.63, 3.8) is 0 Å². The zero-order valence-electron chi connectivity index (χ0n) is 10.8. The van der Waals surface area contributed by atoms with Crippen molar-refractivity contribution in [2.24, 2.45) is 5.92 Å². The van der Waals surface area contributed by atoms with Gasteiger partial charge in [0.1, 0.15) is 0 Å². The third-order valence-corrected chi connectivity index (χ3v) is 5.19. The van der Waals surface area contributed by atoms with Crippen LogP contribution in [0.5, 0.6) is 0 Å². The van der Waals surface area contributed by atoms with Crippen LogP contribution < -0.4 is 0 Å². The van der Waals surface area contributed by atoms with Crippen LogP contribution >= 0.6 is 21.6 Å². The fourth-order valence-electron chi connectivity index (χ4n) is 1.76. The first-order chi connectivity index (χ1) is 7.90. The fraction of sp³-hybridized carbons (Fsp3) is 1.00. The van der Waals surface area contributed by atoms with Crippen molar-refractivity contribution in [1.82, 2.24) is 0 Å². The zero-order chi connectivity index (χ0) is 13.3. The molecule has 0 aliphatic carbocycles. The molecular formula is C12H23F3S2. The highest BCUT2D eigenvalue weighted by Gasteiger charge is 2.34. The van der Waals surface area contributed by atoms with Crippen molar-refractivity contribution in [3.05, 3.63) is 0 Å². The Hall–Kier alpha value is 0.490. The lowest BCUT2D eigenvalue weighted by Gasteiger charge is -2.23. The van der Waals surface area contributed by atoms with Crippen LogP contribution in [0.4, 0.5) is 13.2 Å². The molecule has 0 N–H and O–H groups in total. The second-order valence-corrected chi connectivity index (χ2v) is 7.16. The van der Waals surface area contributed by atoms with Crippen LogP contribution in [-0.2, 0) is 0 Å². The lowest BCUT2D eigenvalue weighted by molar-refractivity contribution is -0.136. The number of alkyl halides is 3. The molecule has 0 aromatic heterocycles. The molecule has 0 nitrogen and oxygen atoms in total. The van der Waals surface area contributed by atoms with E-state index in [1.165, 1.54) is 34.4 Å². The SMILES string of the molecule is CCCCCCC(C)[C@H](CC(F)(F)F)SSC. The normalized spacial score (nSPS) is 15.9. The molecule has 0 radical (unpaired) electrons. The topological polar surface area (TPSA) is 0 Å². The molecule has 0 spiro atoms. The Bertz CT molecular complexity index is 183. The molecule has 17 heavy (non-hydrogen) atoms. The predicted molar refractivity (Wildman–Crippen MR) is 73.5 cm³/mol. The van der Waals surface area contributed by atoms with E-state index in [-0.39, 0.29) is 11.2 Å². The van der Waals surface area contributed by atoms with Gasteiger partial charge in [-0.2, -0.15) is 13.2 Å². The number of hydrogen-bond acceptors (Lipinski definition) is 2. The van der Waals surface area contributed by atoms with E-state index in [2.05, 4.69) is 6.92 Å². The molecule has 0 saturated heterocycles. The number of hydrogen-bond donors (Lipinski definition) is 0. The molecule has 104 valence electrons. The maximum Gasteiger partial charge on any atom is 0.390 e. The third-order valence-electron chi connectivity index (χ3n) is 2.80. The van der Waals surface area contributed by atoms with Gasteiger partial charge in [-0.15, -0.1) is 0 Å². The summed E-state index contributed by atoms with van der Waals surface area (Å²) in [4.78, 5) is 0. The molecule has 0 amide bonds. The van der Waals surface area contributed by atoms with Gasteiger partial charge in [0.25, 0.3) is 0 Å². The summed E-state index contributed by atoms with van der Waals surface area (Å²) < 4.78 is 37.2. The monoisotopic (exact) mass is 288 g/mol. The summed E-state index contributed by atoms with van der Waals surface area (Å²) in [6.45, 7) is 4.09. The Morgan fingerprint density at radius 2 is 1.76 bits per heavy atom. The van der Waals surface area contributed by atoms with Crippen LogP contribution in [0.3, 0.4) is 0 Å². The fourth-order valence-corrected chi connectivity index (χ4v) is 4.11. The molecule has 0 aliphatic rings. The average molecular weight is 288 g/mol. The van der Waals surface area contributed by atoms with E-state index < -0.39 is 12.6 Å². The summed E-state index contributed by atoms with van der Waals surface area (Å²) in [7, 11) is 2.81. The Labute approximate surface area is 111 Å². The molecule has 5 heteroatoms. The molecule has 0 saturated carbocycles. The Balaban J connectivity index is 4.01. The van der Waals surface area contributed by atoms with Crippen LogP contribution in [0.2, 0.25) is 0 Å². The van der Waals surface area contributed by atoms with Crippen molar-refractivity contribution >= 4 is 21.6 Å². The summed E-state index contributed by atoms with van der Waals surface area (Å²) in [6, 6.07) is 0. The van der Waals surface area contributed by atoms with E-state index in [1.807, 2.05) is 13.2 Å². The van der Waals surface area contributed by atoms with Crippen LogP contribution in [0.1, 0.15) is 52.4 Å². The lowest BCUT2D eigenvalue weighted by Crippen LogP contribution is -2.22. The van der Waals surface area contributed by atoms with E-state index in [1.54, 1.807) is 0 Å². The van der Waals surface area contributed by atoms with E-state index in [9.17, 15) is 13.2 Å². The van der Waals surface area contributed by atoms with Crippen molar-refractivity contribution < 1.29 is 13.2 Å². The summed E-state index contributed by atoms with van der Waals surface area (Å²) in [5.41, 5.74) is 0. The van der Waals surface area contributed by atoms with Gasteiger partial charge in [0, 0.05) is 5.25 Å². The highest BCUT2D eigenvalue weighted by Crippen LogP contribution is 2.38. The minimum Gasteiger partial charge on any atom is -0.171 e. The Morgan fingerprint density at radius 3 is 2.24 bits per heavy atom.